The number of unbranched alkanes of at least 4 members (excludes halogenated alkanes) is 13. The Kier molecular flexibility index (Phi) is 13.4. The number of para-hydroxylation sites is 1. The Morgan fingerprint density at radius 3 is 1.58 bits per heavy atom. The average molecular weight is 362 g/mol. The van der Waals surface area contributed by atoms with Crippen LogP contribution in [0.3, 0.4) is 0 Å². The topological polar surface area (TPSA) is 35.2 Å². The van der Waals surface area contributed by atoms with Gasteiger partial charge in [0.15, 0.2) is 5.72 Å². The molecule has 1 aromatic carbocycles. The molecule has 0 aliphatic rings. The van der Waals surface area contributed by atoms with Gasteiger partial charge < -0.3 is 4.74 Å². The molecule has 0 saturated carbocycles. The average Bonchev–Trinajstić information content (AvgIpc) is 2.62. The van der Waals surface area contributed by atoms with E-state index in [1.54, 1.807) is 0 Å². The molecule has 0 saturated heterocycles. The molecule has 0 amide bonds. The van der Waals surface area contributed by atoms with Crippen molar-refractivity contribution in [2.45, 2.75) is 116 Å². The van der Waals surface area contributed by atoms with E-state index < -0.39 is 5.72 Å². The van der Waals surface area contributed by atoms with Crippen LogP contribution in [0, 0.1) is 0 Å². The summed E-state index contributed by atoms with van der Waals surface area (Å²) in [7, 11) is 0. The highest BCUT2D eigenvalue weighted by Crippen LogP contribution is 2.20. The minimum absolute atomic E-state index is 0.557. The number of nitrogens with two attached hydrogens (primary N) is 1. The van der Waals surface area contributed by atoms with E-state index in [-0.39, 0.29) is 0 Å². The Labute approximate surface area is 162 Å². The van der Waals surface area contributed by atoms with Crippen LogP contribution in [0.15, 0.2) is 30.3 Å². The van der Waals surface area contributed by atoms with E-state index in [0.717, 1.165) is 18.6 Å². The molecule has 0 radical (unpaired) electrons. The van der Waals surface area contributed by atoms with Crippen LogP contribution in [0.25, 0.3) is 0 Å². The van der Waals surface area contributed by atoms with Gasteiger partial charge in [0.2, 0.25) is 0 Å². The lowest BCUT2D eigenvalue weighted by Crippen LogP contribution is -2.42. The lowest BCUT2D eigenvalue weighted by atomic mass is 10.0. The first-order chi connectivity index (χ1) is 12.6. The number of hydrogen-bond donors (Lipinski definition) is 1. The quantitative estimate of drug-likeness (QED) is 0.229. The predicted molar refractivity (Wildman–Crippen MR) is 115 cm³/mol. The highest BCUT2D eigenvalue weighted by molar-refractivity contribution is 5.21. The monoisotopic (exact) mass is 361 g/mol. The Bertz CT molecular complexity index is 415. The van der Waals surface area contributed by atoms with Crippen LogP contribution in [0.5, 0.6) is 5.75 Å². The van der Waals surface area contributed by atoms with Gasteiger partial charge in [0.1, 0.15) is 5.75 Å². The van der Waals surface area contributed by atoms with E-state index in [0.29, 0.717) is 0 Å². The summed E-state index contributed by atoms with van der Waals surface area (Å²) in [5.41, 5.74) is 5.72. The molecule has 0 aromatic heterocycles. The summed E-state index contributed by atoms with van der Waals surface area (Å²) in [6.45, 7) is 4.27. The van der Waals surface area contributed by atoms with Gasteiger partial charge in [-0.2, -0.15) is 0 Å². The molecule has 150 valence electrons. The molecule has 2 heteroatoms. The van der Waals surface area contributed by atoms with E-state index in [2.05, 4.69) is 6.92 Å². The maximum Gasteiger partial charge on any atom is 0.155 e. The maximum atomic E-state index is 6.27. The van der Waals surface area contributed by atoms with Crippen molar-refractivity contribution in [2.75, 3.05) is 0 Å². The first kappa shape index (κ1) is 23.0. The second-order valence-electron chi connectivity index (χ2n) is 8.07. The van der Waals surface area contributed by atoms with Crippen LogP contribution < -0.4 is 10.5 Å². The van der Waals surface area contributed by atoms with Gasteiger partial charge in [-0.05, 0) is 25.5 Å². The van der Waals surface area contributed by atoms with Crippen LogP contribution in [-0.4, -0.2) is 5.72 Å². The molecular formula is C24H43NO. The van der Waals surface area contributed by atoms with Crippen molar-refractivity contribution >= 4 is 0 Å². The third kappa shape index (κ3) is 13.2. The molecular weight excluding hydrogens is 318 g/mol. The Hall–Kier alpha value is -1.02. The van der Waals surface area contributed by atoms with Crippen LogP contribution in [-0.2, 0) is 0 Å². The smallest absolute Gasteiger partial charge is 0.155 e. The standard InChI is InChI=1S/C24H43NO/c1-3-4-5-6-7-8-9-10-11-12-13-14-15-19-22-24(2,25)26-23-20-17-16-18-21-23/h16-18,20-21H,3-15,19,22,25H2,1-2H3. The minimum atomic E-state index is -0.557. The number of benzene rings is 1. The summed E-state index contributed by atoms with van der Waals surface area (Å²) < 4.78 is 5.89. The molecule has 0 fully saturated rings. The summed E-state index contributed by atoms with van der Waals surface area (Å²) in [4.78, 5) is 0. The van der Waals surface area contributed by atoms with Crippen molar-refractivity contribution in [3.63, 3.8) is 0 Å². The zero-order chi connectivity index (χ0) is 18.9. The molecule has 26 heavy (non-hydrogen) atoms. The van der Waals surface area contributed by atoms with Gasteiger partial charge in [-0.15, -0.1) is 0 Å². The summed E-state index contributed by atoms with van der Waals surface area (Å²) in [5, 5.41) is 0. The van der Waals surface area contributed by atoms with E-state index >= 15 is 0 Å². The molecule has 0 spiro atoms. The Balaban J connectivity index is 1.87. The molecule has 0 aliphatic heterocycles. The van der Waals surface area contributed by atoms with E-state index in [4.69, 9.17) is 10.5 Å². The molecule has 0 heterocycles. The molecule has 2 N–H and O–H groups in total. The van der Waals surface area contributed by atoms with E-state index in [1.165, 1.54) is 83.5 Å². The van der Waals surface area contributed by atoms with Crippen molar-refractivity contribution in [1.82, 2.24) is 0 Å². The van der Waals surface area contributed by atoms with Crippen LogP contribution in [0.1, 0.15) is 110 Å². The maximum absolute atomic E-state index is 6.27. The first-order valence-corrected chi connectivity index (χ1v) is 11.2. The molecule has 1 aromatic rings. The molecule has 1 rings (SSSR count). The van der Waals surface area contributed by atoms with Crippen LogP contribution in [0.4, 0.5) is 0 Å². The van der Waals surface area contributed by atoms with E-state index in [1.807, 2.05) is 37.3 Å². The van der Waals surface area contributed by atoms with Crippen molar-refractivity contribution in [3.05, 3.63) is 30.3 Å². The minimum Gasteiger partial charge on any atom is -0.473 e. The van der Waals surface area contributed by atoms with Gasteiger partial charge in [0, 0.05) is 6.42 Å². The van der Waals surface area contributed by atoms with E-state index in [9.17, 15) is 0 Å². The SMILES string of the molecule is CCCCCCCCCCCCCCCCC(C)(N)Oc1ccccc1. The third-order valence-electron chi connectivity index (χ3n) is 5.12. The number of rotatable bonds is 17. The fraction of sp³-hybridized carbons (Fsp3) is 0.750. The summed E-state index contributed by atoms with van der Waals surface area (Å²) in [6, 6.07) is 9.90. The van der Waals surface area contributed by atoms with Crippen molar-refractivity contribution in [2.24, 2.45) is 5.73 Å². The lowest BCUT2D eigenvalue weighted by molar-refractivity contribution is 0.0830. The number of hydrogen-bond acceptors (Lipinski definition) is 2. The molecule has 2 nitrogen and oxygen atoms in total. The predicted octanol–water partition coefficient (Wildman–Crippen LogP) is 7.61. The second kappa shape index (κ2) is 15.1. The van der Waals surface area contributed by atoms with Gasteiger partial charge >= 0.3 is 0 Å². The summed E-state index contributed by atoms with van der Waals surface area (Å²) in [5.74, 6) is 0.864. The second-order valence-corrected chi connectivity index (χ2v) is 8.07. The fourth-order valence-corrected chi connectivity index (χ4v) is 3.48. The van der Waals surface area contributed by atoms with Gasteiger partial charge in [-0.25, -0.2) is 0 Å². The van der Waals surface area contributed by atoms with Gasteiger partial charge in [-0.3, -0.25) is 5.73 Å². The van der Waals surface area contributed by atoms with Crippen molar-refractivity contribution in [1.29, 1.82) is 0 Å². The van der Waals surface area contributed by atoms with Crippen molar-refractivity contribution in [3.8, 4) is 5.75 Å². The zero-order valence-electron chi connectivity index (χ0n) is 17.5. The van der Waals surface area contributed by atoms with Gasteiger partial charge in [-0.1, -0.05) is 109 Å². The summed E-state index contributed by atoms with van der Waals surface area (Å²) >= 11 is 0. The normalized spacial score (nSPS) is 13.5. The third-order valence-corrected chi connectivity index (χ3v) is 5.12. The molecule has 0 bridgehead atoms. The highest BCUT2D eigenvalue weighted by atomic mass is 16.5. The van der Waals surface area contributed by atoms with Crippen LogP contribution >= 0.6 is 0 Å². The summed E-state index contributed by atoms with van der Waals surface area (Å²) in [6.07, 6.45) is 20.3. The fourth-order valence-electron chi connectivity index (χ4n) is 3.48. The Morgan fingerprint density at radius 2 is 1.12 bits per heavy atom. The molecule has 0 aliphatic carbocycles. The van der Waals surface area contributed by atoms with Gasteiger partial charge in [0.25, 0.3) is 0 Å². The highest BCUT2D eigenvalue weighted by Gasteiger charge is 2.19. The first-order valence-electron chi connectivity index (χ1n) is 11.2. The lowest BCUT2D eigenvalue weighted by Gasteiger charge is -2.26. The largest absolute Gasteiger partial charge is 0.473 e. The Morgan fingerprint density at radius 1 is 0.692 bits per heavy atom. The van der Waals surface area contributed by atoms with Crippen molar-refractivity contribution < 1.29 is 4.74 Å². The number of ether oxygens (including phenoxy) is 1. The zero-order valence-corrected chi connectivity index (χ0v) is 17.5. The molecule has 1 unspecified atom stereocenters. The molecule has 1 atom stereocenters. The van der Waals surface area contributed by atoms with Crippen LogP contribution in [0.2, 0.25) is 0 Å². The van der Waals surface area contributed by atoms with Gasteiger partial charge in [0.05, 0.1) is 0 Å².